The maximum absolute atomic E-state index is 13.0. The van der Waals surface area contributed by atoms with Crippen molar-refractivity contribution >= 4 is 10.0 Å². The third-order valence-electron chi connectivity index (χ3n) is 4.61. The fourth-order valence-corrected chi connectivity index (χ4v) is 4.79. The van der Waals surface area contributed by atoms with Gasteiger partial charge in [-0.25, -0.2) is 8.42 Å². The minimum Gasteiger partial charge on any atom is -0.493 e. The maximum Gasteiger partial charge on any atom is 0.243 e. The molecule has 0 aromatic heterocycles. The normalized spacial score (nSPS) is 17.9. The van der Waals surface area contributed by atoms with Crippen LogP contribution in [0.4, 0.5) is 0 Å². The molecule has 23 heavy (non-hydrogen) atoms. The average molecular weight is 329 g/mol. The van der Waals surface area contributed by atoms with Crippen molar-refractivity contribution in [2.45, 2.75) is 30.7 Å². The fraction of sp³-hybridized carbons (Fsp3) is 0.333. The van der Waals surface area contributed by atoms with Crippen molar-refractivity contribution in [3.8, 4) is 5.75 Å². The number of fused-ring (bicyclic) bond motifs is 2. The first-order valence-electron chi connectivity index (χ1n) is 7.97. The highest BCUT2D eigenvalue weighted by molar-refractivity contribution is 7.89. The van der Waals surface area contributed by atoms with Crippen LogP contribution in [0.5, 0.6) is 5.75 Å². The summed E-state index contributed by atoms with van der Waals surface area (Å²) < 4.78 is 33.1. The topological polar surface area (TPSA) is 46.6 Å². The Morgan fingerprint density at radius 3 is 2.65 bits per heavy atom. The summed E-state index contributed by atoms with van der Waals surface area (Å²) in [5, 5.41) is 0. The van der Waals surface area contributed by atoms with Gasteiger partial charge < -0.3 is 4.74 Å². The molecule has 0 aliphatic carbocycles. The minimum atomic E-state index is -3.46. The van der Waals surface area contributed by atoms with Crippen LogP contribution in [0, 0.1) is 0 Å². The van der Waals surface area contributed by atoms with Crippen molar-refractivity contribution in [1.82, 2.24) is 4.31 Å². The number of hydrogen-bond donors (Lipinski definition) is 0. The molecular formula is C18H19NO3S. The van der Waals surface area contributed by atoms with E-state index >= 15 is 0 Å². The lowest BCUT2D eigenvalue weighted by atomic mass is 10.0. The number of aryl methyl sites for hydroxylation is 1. The molecule has 120 valence electrons. The molecule has 0 bridgehead atoms. The summed E-state index contributed by atoms with van der Waals surface area (Å²) in [6, 6.07) is 13.3. The SMILES string of the molecule is O=S(=O)(c1ccc2c(c1)CCCO2)N1CCc2ccccc2C1. The summed E-state index contributed by atoms with van der Waals surface area (Å²) in [5.74, 6) is 0.819. The molecule has 4 nitrogen and oxygen atoms in total. The molecule has 0 N–H and O–H groups in total. The number of rotatable bonds is 2. The third-order valence-corrected chi connectivity index (χ3v) is 6.45. The van der Waals surface area contributed by atoms with E-state index in [1.54, 1.807) is 22.5 Å². The maximum atomic E-state index is 13.0. The highest BCUT2D eigenvalue weighted by Crippen LogP contribution is 2.30. The average Bonchev–Trinajstić information content (AvgIpc) is 2.61. The molecule has 4 rings (SSSR count). The van der Waals surface area contributed by atoms with Gasteiger partial charge in [-0.1, -0.05) is 24.3 Å². The fourth-order valence-electron chi connectivity index (χ4n) is 3.32. The van der Waals surface area contributed by atoms with Crippen LogP contribution < -0.4 is 4.74 Å². The van der Waals surface area contributed by atoms with Crippen LogP contribution in [0.1, 0.15) is 23.1 Å². The quantitative estimate of drug-likeness (QED) is 0.851. The number of benzene rings is 2. The molecular weight excluding hydrogens is 310 g/mol. The second-order valence-corrected chi connectivity index (χ2v) is 8.02. The van der Waals surface area contributed by atoms with Crippen LogP contribution in [0.2, 0.25) is 0 Å². The van der Waals surface area contributed by atoms with E-state index in [9.17, 15) is 8.42 Å². The molecule has 2 aromatic carbocycles. The van der Waals surface area contributed by atoms with Gasteiger partial charge in [-0.3, -0.25) is 0 Å². The van der Waals surface area contributed by atoms with Crippen LogP contribution in [0.25, 0.3) is 0 Å². The highest BCUT2D eigenvalue weighted by Gasteiger charge is 2.29. The molecule has 0 spiro atoms. The van der Waals surface area contributed by atoms with Crippen LogP contribution in [0.15, 0.2) is 47.4 Å². The van der Waals surface area contributed by atoms with Crippen LogP contribution in [-0.2, 0) is 29.4 Å². The molecule has 0 radical (unpaired) electrons. The lowest BCUT2D eigenvalue weighted by Gasteiger charge is -2.28. The molecule has 0 saturated carbocycles. The van der Waals surface area contributed by atoms with E-state index in [0.29, 0.717) is 24.6 Å². The molecule has 2 aliphatic heterocycles. The predicted molar refractivity (Wildman–Crippen MR) is 88.0 cm³/mol. The zero-order chi connectivity index (χ0) is 15.9. The summed E-state index contributed by atoms with van der Waals surface area (Å²) in [6.07, 6.45) is 2.58. The van der Waals surface area contributed by atoms with E-state index in [0.717, 1.165) is 36.1 Å². The van der Waals surface area contributed by atoms with Gasteiger partial charge in [0.05, 0.1) is 11.5 Å². The van der Waals surface area contributed by atoms with Crippen LogP contribution in [-0.4, -0.2) is 25.9 Å². The van der Waals surface area contributed by atoms with Gasteiger partial charge in [0.2, 0.25) is 10.0 Å². The van der Waals surface area contributed by atoms with E-state index in [1.165, 1.54) is 5.56 Å². The Hall–Kier alpha value is -1.85. The van der Waals surface area contributed by atoms with Crippen LogP contribution in [0.3, 0.4) is 0 Å². The Labute approximate surface area is 136 Å². The van der Waals surface area contributed by atoms with Crippen molar-refractivity contribution in [2.24, 2.45) is 0 Å². The summed E-state index contributed by atoms with van der Waals surface area (Å²) in [7, 11) is -3.46. The predicted octanol–water partition coefficient (Wildman–Crippen LogP) is 2.76. The lowest BCUT2D eigenvalue weighted by molar-refractivity contribution is 0.288. The van der Waals surface area contributed by atoms with Gasteiger partial charge in [0.25, 0.3) is 0 Å². The molecule has 0 amide bonds. The van der Waals surface area contributed by atoms with Gasteiger partial charge in [0, 0.05) is 13.1 Å². The van der Waals surface area contributed by atoms with Gasteiger partial charge in [0.1, 0.15) is 5.75 Å². The second-order valence-electron chi connectivity index (χ2n) is 6.08. The van der Waals surface area contributed by atoms with E-state index in [1.807, 2.05) is 18.2 Å². The van der Waals surface area contributed by atoms with Gasteiger partial charge in [-0.05, 0) is 54.2 Å². The van der Waals surface area contributed by atoms with Gasteiger partial charge >= 0.3 is 0 Å². The Balaban J connectivity index is 1.66. The van der Waals surface area contributed by atoms with Crippen molar-refractivity contribution in [2.75, 3.05) is 13.2 Å². The summed E-state index contributed by atoms with van der Waals surface area (Å²) >= 11 is 0. The zero-order valence-electron chi connectivity index (χ0n) is 12.9. The molecule has 2 aromatic rings. The number of sulfonamides is 1. The monoisotopic (exact) mass is 329 g/mol. The van der Waals surface area contributed by atoms with E-state index < -0.39 is 10.0 Å². The summed E-state index contributed by atoms with van der Waals surface area (Å²) in [4.78, 5) is 0.376. The molecule has 5 heteroatoms. The van der Waals surface area contributed by atoms with Crippen LogP contribution >= 0.6 is 0 Å². The second kappa shape index (κ2) is 5.65. The molecule has 2 heterocycles. The van der Waals surface area contributed by atoms with E-state index in [2.05, 4.69) is 6.07 Å². The Bertz CT molecular complexity index is 845. The van der Waals surface area contributed by atoms with Gasteiger partial charge in [-0.15, -0.1) is 0 Å². The largest absolute Gasteiger partial charge is 0.493 e. The third kappa shape index (κ3) is 2.64. The number of hydrogen-bond acceptors (Lipinski definition) is 3. The Kier molecular flexibility index (Phi) is 3.62. The molecule has 0 fully saturated rings. The first-order valence-corrected chi connectivity index (χ1v) is 9.41. The van der Waals surface area contributed by atoms with E-state index in [4.69, 9.17) is 4.74 Å². The Morgan fingerprint density at radius 2 is 1.78 bits per heavy atom. The van der Waals surface area contributed by atoms with Crippen molar-refractivity contribution in [1.29, 1.82) is 0 Å². The summed E-state index contributed by atoms with van der Waals surface area (Å²) in [5.41, 5.74) is 3.34. The van der Waals surface area contributed by atoms with Gasteiger partial charge in [0.15, 0.2) is 0 Å². The summed E-state index contributed by atoms with van der Waals surface area (Å²) in [6.45, 7) is 1.70. The zero-order valence-corrected chi connectivity index (χ0v) is 13.7. The molecule has 0 atom stereocenters. The van der Waals surface area contributed by atoms with Crippen molar-refractivity contribution < 1.29 is 13.2 Å². The highest BCUT2D eigenvalue weighted by atomic mass is 32.2. The first-order chi connectivity index (χ1) is 11.1. The van der Waals surface area contributed by atoms with Gasteiger partial charge in [-0.2, -0.15) is 4.31 Å². The number of nitrogens with zero attached hydrogens (tertiary/aromatic N) is 1. The standard InChI is InChI=1S/C18H19NO3S/c20-23(21,17-7-8-18-15(12-17)6-3-11-22-18)19-10-9-14-4-1-2-5-16(14)13-19/h1-2,4-5,7-8,12H,3,6,9-11,13H2. The smallest absolute Gasteiger partial charge is 0.243 e. The van der Waals surface area contributed by atoms with E-state index in [-0.39, 0.29) is 0 Å². The minimum absolute atomic E-state index is 0.376. The molecule has 0 saturated heterocycles. The van der Waals surface area contributed by atoms with Crippen molar-refractivity contribution in [3.63, 3.8) is 0 Å². The molecule has 0 unspecified atom stereocenters. The van der Waals surface area contributed by atoms with Crippen molar-refractivity contribution in [3.05, 3.63) is 59.2 Å². The Morgan fingerprint density at radius 1 is 0.957 bits per heavy atom. The lowest BCUT2D eigenvalue weighted by Crippen LogP contribution is -2.36. The number of ether oxygens (including phenoxy) is 1. The first kappa shape index (κ1) is 14.7. The molecule has 2 aliphatic rings.